The van der Waals surface area contributed by atoms with Gasteiger partial charge >= 0.3 is 5.69 Å². The van der Waals surface area contributed by atoms with Crippen LogP contribution in [0.1, 0.15) is 19.4 Å². The van der Waals surface area contributed by atoms with Gasteiger partial charge in [0.15, 0.2) is 5.15 Å². The quantitative estimate of drug-likeness (QED) is 0.713. The predicted octanol–water partition coefficient (Wildman–Crippen LogP) is 0.910. The van der Waals surface area contributed by atoms with Crippen molar-refractivity contribution in [3.8, 4) is 0 Å². The van der Waals surface area contributed by atoms with Crippen LogP contribution in [0.2, 0.25) is 5.15 Å². The summed E-state index contributed by atoms with van der Waals surface area (Å²) in [7, 11) is 0. The van der Waals surface area contributed by atoms with Gasteiger partial charge < -0.3 is 0 Å². The van der Waals surface area contributed by atoms with Crippen molar-refractivity contribution in [3.05, 3.63) is 31.8 Å². The Hall–Kier alpha value is -1.10. The Bertz CT molecular complexity index is 493. The van der Waals surface area contributed by atoms with E-state index >= 15 is 0 Å². The van der Waals surface area contributed by atoms with Crippen LogP contribution in [0.3, 0.4) is 0 Å². The fourth-order valence-corrected chi connectivity index (χ4v) is 1.63. The number of aromatic nitrogens is 2. The predicted molar refractivity (Wildman–Crippen MR) is 49.1 cm³/mol. The summed E-state index contributed by atoms with van der Waals surface area (Å²) in [5, 5.41) is -0.524. The van der Waals surface area contributed by atoms with Crippen molar-refractivity contribution in [2.75, 3.05) is 0 Å². The van der Waals surface area contributed by atoms with Gasteiger partial charge in [0.1, 0.15) is 0 Å². The number of nitrogens with zero attached hydrogens (tertiary/aromatic N) is 1. The molecule has 1 aromatic rings. The third-order valence-electron chi connectivity index (χ3n) is 2.43. The minimum absolute atomic E-state index is 0.182. The monoisotopic (exact) mass is 218 g/mol. The van der Waals surface area contributed by atoms with Gasteiger partial charge in [0.05, 0.1) is 0 Å². The molecule has 1 aliphatic carbocycles. The Kier molecular flexibility index (Phi) is 1.99. The van der Waals surface area contributed by atoms with Crippen molar-refractivity contribution in [2.24, 2.45) is 5.92 Å². The SMILES string of the molecule is CC1CC1n1c(=O)[nH]c(Cl)c(F)c1=O. The Morgan fingerprint density at radius 3 is 2.64 bits per heavy atom. The standard InChI is InChI=1S/C8H8ClFN2O2/c1-3-2-4(3)12-7(13)5(10)6(9)11-8(12)14/h3-4H,2H2,1H3,(H,11,14). The number of hydrogen-bond acceptors (Lipinski definition) is 2. The van der Waals surface area contributed by atoms with E-state index in [0.29, 0.717) is 0 Å². The molecule has 6 heteroatoms. The van der Waals surface area contributed by atoms with E-state index in [1.165, 1.54) is 0 Å². The highest BCUT2D eigenvalue weighted by Gasteiger charge is 2.37. The average Bonchev–Trinajstić information content (AvgIpc) is 2.79. The first-order valence-electron chi connectivity index (χ1n) is 4.22. The fraction of sp³-hybridized carbons (Fsp3) is 0.500. The van der Waals surface area contributed by atoms with Crippen molar-refractivity contribution < 1.29 is 4.39 Å². The molecule has 1 N–H and O–H groups in total. The summed E-state index contributed by atoms with van der Waals surface area (Å²) in [4.78, 5) is 24.7. The Morgan fingerprint density at radius 1 is 1.57 bits per heavy atom. The van der Waals surface area contributed by atoms with Crippen LogP contribution in [0.5, 0.6) is 0 Å². The van der Waals surface area contributed by atoms with E-state index in [-0.39, 0.29) is 12.0 Å². The van der Waals surface area contributed by atoms with E-state index < -0.39 is 22.2 Å². The summed E-state index contributed by atoms with van der Waals surface area (Å²) >= 11 is 5.31. The van der Waals surface area contributed by atoms with E-state index in [1.807, 2.05) is 6.92 Å². The molecular formula is C8H8ClFN2O2. The molecule has 0 radical (unpaired) electrons. The van der Waals surface area contributed by atoms with Crippen molar-refractivity contribution in [1.29, 1.82) is 0 Å². The zero-order valence-corrected chi connectivity index (χ0v) is 8.14. The zero-order chi connectivity index (χ0) is 10.5. The van der Waals surface area contributed by atoms with Crippen LogP contribution in [0.15, 0.2) is 9.59 Å². The van der Waals surface area contributed by atoms with Crippen molar-refractivity contribution in [3.63, 3.8) is 0 Å². The van der Waals surface area contributed by atoms with E-state index in [1.54, 1.807) is 0 Å². The molecule has 1 aromatic heterocycles. The van der Waals surface area contributed by atoms with E-state index in [2.05, 4.69) is 4.98 Å². The molecule has 0 aliphatic heterocycles. The maximum absolute atomic E-state index is 13.1. The van der Waals surface area contributed by atoms with E-state index in [0.717, 1.165) is 11.0 Å². The van der Waals surface area contributed by atoms with Gasteiger partial charge in [-0.2, -0.15) is 4.39 Å². The van der Waals surface area contributed by atoms with Crippen LogP contribution in [0.25, 0.3) is 0 Å². The van der Waals surface area contributed by atoms with Gasteiger partial charge in [-0.15, -0.1) is 0 Å². The molecule has 14 heavy (non-hydrogen) atoms. The molecule has 0 spiro atoms. The molecule has 76 valence electrons. The maximum Gasteiger partial charge on any atom is 0.329 e. The number of halogens is 2. The largest absolute Gasteiger partial charge is 0.329 e. The van der Waals surface area contributed by atoms with E-state index in [4.69, 9.17) is 11.6 Å². The summed E-state index contributed by atoms with van der Waals surface area (Å²) in [6.07, 6.45) is 0.726. The highest BCUT2D eigenvalue weighted by atomic mass is 35.5. The second kappa shape index (κ2) is 2.95. The highest BCUT2D eigenvalue weighted by molar-refractivity contribution is 6.29. The lowest BCUT2D eigenvalue weighted by Crippen LogP contribution is -2.36. The first-order valence-corrected chi connectivity index (χ1v) is 4.60. The van der Waals surface area contributed by atoms with Crippen LogP contribution in [0, 0.1) is 11.7 Å². The van der Waals surface area contributed by atoms with Gasteiger partial charge in [-0.05, 0) is 12.3 Å². The fourth-order valence-electron chi connectivity index (χ4n) is 1.46. The Balaban J connectivity index is 2.66. The number of rotatable bonds is 1. The minimum Gasteiger partial charge on any atom is -0.295 e. The Morgan fingerprint density at radius 2 is 2.14 bits per heavy atom. The summed E-state index contributed by atoms with van der Waals surface area (Å²) in [5.74, 6) is -0.847. The van der Waals surface area contributed by atoms with Gasteiger partial charge in [-0.1, -0.05) is 18.5 Å². The molecule has 0 aromatic carbocycles. The summed E-state index contributed by atoms with van der Waals surface area (Å²) in [5.41, 5.74) is -1.58. The summed E-state index contributed by atoms with van der Waals surface area (Å²) in [6.45, 7) is 1.89. The number of H-pyrrole nitrogens is 1. The van der Waals surface area contributed by atoms with Crippen LogP contribution in [-0.2, 0) is 0 Å². The summed E-state index contributed by atoms with van der Waals surface area (Å²) in [6, 6.07) is -0.182. The number of nitrogens with one attached hydrogen (secondary N) is 1. The number of aromatic amines is 1. The molecule has 0 saturated heterocycles. The Labute approximate surface area is 83.3 Å². The molecule has 2 unspecified atom stereocenters. The maximum atomic E-state index is 13.1. The average molecular weight is 219 g/mol. The van der Waals surface area contributed by atoms with Gasteiger partial charge in [-0.3, -0.25) is 14.3 Å². The smallest absolute Gasteiger partial charge is 0.295 e. The lowest BCUT2D eigenvalue weighted by molar-refractivity contribution is 0.534. The molecule has 1 aliphatic rings. The number of hydrogen-bond donors (Lipinski definition) is 1. The lowest BCUT2D eigenvalue weighted by Gasteiger charge is -2.02. The molecule has 2 rings (SSSR count). The van der Waals surface area contributed by atoms with Gasteiger partial charge in [0.2, 0.25) is 5.82 Å². The molecule has 1 fully saturated rings. The third kappa shape index (κ3) is 1.28. The first-order chi connectivity index (χ1) is 6.52. The van der Waals surface area contributed by atoms with Crippen molar-refractivity contribution in [2.45, 2.75) is 19.4 Å². The van der Waals surface area contributed by atoms with Gasteiger partial charge in [0.25, 0.3) is 5.56 Å². The molecule has 1 heterocycles. The van der Waals surface area contributed by atoms with Crippen molar-refractivity contribution >= 4 is 11.6 Å². The van der Waals surface area contributed by atoms with Crippen LogP contribution < -0.4 is 11.2 Å². The topological polar surface area (TPSA) is 54.9 Å². The molecule has 4 nitrogen and oxygen atoms in total. The molecule has 2 atom stereocenters. The zero-order valence-electron chi connectivity index (χ0n) is 7.38. The minimum atomic E-state index is -1.09. The highest BCUT2D eigenvalue weighted by Crippen LogP contribution is 2.40. The molecule has 0 bridgehead atoms. The molecular weight excluding hydrogens is 211 g/mol. The second-order valence-electron chi connectivity index (χ2n) is 3.51. The van der Waals surface area contributed by atoms with Crippen molar-refractivity contribution in [1.82, 2.24) is 9.55 Å². The normalized spacial score (nSPS) is 25.1. The van der Waals surface area contributed by atoms with Crippen LogP contribution in [0.4, 0.5) is 4.39 Å². The lowest BCUT2D eigenvalue weighted by atomic mass is 10.4. The second-order valence-corrected chi connectivity index (χ2v) is 3.89. The first kappa shape index (κ1) is 9.45. The summed E-state index contributed by atoms with van der Waals surface area (Å²) < 4.78 is 13.9. The molecule has 0 amide bonds. The third-order valence-corrected chi connectivity index (χ3v) is 2.69. The van der Waals surface area contributed by atoms with Gasteiger partial charge in [-0.25, -0.2) is 4.79 Å². The van der Waals surface area contributed by atoms with Gasteiger partial charge in [0, 0.05) is 6.04 Å². The van der Waals surface area contributed by atoms with E-state index in [9.17, 15) is 14.0 Å². The van der Waals surface area contributed by atoms with Crippen LogP contribution >= 0.6 is 11.6 Å². The van der Waals surface area contributed by atoms with Crippen LogP contribution in [-0.4, -0.2) is 9.55 Å². The molecule has 1 saturated carbocycles.